The Morgan fingerprint density at radius 3 is 2.38 bits per heavy atom. The minimum Gasteiger partial charge on any atom is -0.493 e. The van der Waals surface area contributed by atoms with Crippen molar-refractivity contribution in [2.75, 3.05) is 19.5 Å². The summed E-state index contributed by atoms with van der Waals surface area (Å²) < 4.78 is 11.7. The first-order valence-corrected chi connectivity index (χ1v) is 7.44. The van der Waals surface area contributed by atoms with Gasteiger partial charge in [0.1, 0.15) is 0 Å². The van der Waals surface area contributed by atoms with Crippen LogP contribution in [0.25, 0.3) is 0 Å². The summed E-state index contributed by atoms with van der Waals surface area (Å²) in [7, 11) is 3.29. The lowest BCUT2D eigenvalue weighted by Gasteiger charge is -2.20. The summed E-state index contributed by atoms with van der Waals surface area (Å²) in [5.41, 5.74) is 3.27. The first kappa shape index (κ1) is 15.6. The van der Waals surface area contributed by atoms with Crippen LogP contribution in [-0.4, -0.2) is 19.2 Å². The Hall–Kier alpha value is -1.75. The second-order valence-electron chi connectivity index (χ2n) is 4.82. The molecule has 0 saturated carbocycles. The number of anilines is 1. The molecule has 2 aromatic rings. The Morgan fingerprint density at radius 1 is 1.10 bits per heavy atom. The molecular weight excluding hydrogens is 332 g/mol. The molecule has 21 heavy (non-hydrogen) atoms. The maximum atomic E-state index is 5.38. The summed E-state index contributed by atoms with van der Waals surface area (Å²) in [6, 6.07) is 6.13. The lowest BCUT2D eigenvalue weighted by atomic mass is 10.0. The highest BCUT2D eigenvalue weighted by atomic mass is 79.9. The van der Waals surface area contributed by atoms with Crippen LogP contribution in [0.2, 0.25) is 0 Å². The molecule has 0 aliphatic heterocycles. The van der Waals surface area contributed by atoms with Crippen molar-refractivity contribution in [2.24, 2.45) is 0 Å². The summed E-state index contributed by atoms with van der Waals surface area (Å²) in [4.78, 5) is 4.16. The van der Waals surface area contributed by atoms with Gasteiger partial charge >= 0.3 is 0 Å². The number of aromatic nitrogens is 1. The molecule has 0 spiro atoms. The molecule has 1 heterocycles. The molecule has 0 amide bonds. The van der Waals surface area contributed by atoms with Crippen molar-refractivity contribution < 1.29 is 9.47 Å². The Kier molecular flexibility index (Phi) is 5.07. The van der Waals surface area contributed by atoms with E-state index in [1.54, 1.807) is 26.6 Å². The molecule has 1 N–H and O–H groups in total. The zero-order valence-corrected chi connectivity index (χ0v) is 14.2. The molecule has 1 aromatic heterocycles. The van der Waals surface area contributed by atoms with E-state index in [0.29, 0.717) is 0 Å². The van der Waals surface area contributed by atoms with E-state index in [2.05, 4.69) is 40.1 Å². The lowest BCUT2D eigenvalue weighted by Crippen LogP contribution is -2.09. The van der Waals surface area contributed by atoms with E-state index in [1.165, 1.54) is 0 Å². The normalized spacial score (nSPS) is 11.9. The molecule has 2 rings (SSSR count). The van der Waals surface area contributed by atoms with Crippen LogP contribution >= 0.6 is 15.9 Å². The SMILES string of the molecule is COc1cc(C)c(C(C)Nc2cncc(Br)c2)cc1OC. The van der Waals surface area contributed by atoms with Gasteiger partial charge in [-0.05, 0) is 59.1 Å². The van der Waals surface area contributed by atoms with Gasteiger partial charge in [-0.25, -0.2) is 0 Å². The minimum atomic E-state index is 0.126. The van der Waals surface area contributed by atoms with Crippen molar-refractivity contribution in [1.82, 2.24) is 4.98 Å². The van der Waals surface area contributed by atoms with Gasteiger partial charge in [0, 0.05) is 16.7 Å². The van der Waals surface area contributed by atoms with E-state index >= 15 is 0 Å². The zero-order valence-electron chi connectivity index (χ0n) is 12.6. The summed E-state index contributed by atoms with van der Waals surface area (Å²) >= 11 is 3.43. The summed E-state index contributed by atoms with van der Waals surface area (Å²) in [6.45, 7) is 4.17. The van der Waals surface area contributed by atoms with Crippen LogP contribution in [0.1, 0.15) is 24.1 Å². The predicted octanol–water partition coefficient (Wildman–Crippen LogP) is 4.34. The van der Waals surface area contributed by atoms with E-state index in [4.69, 9.17) is 9.47 Å². The number of pyridine rings is 1. The van der Waals surface area contributed by atoms with Gasteiger partial charge in [-0.2, -0.15) is 0 Å². The first-order valence-electron chi connectivity index (χ1n) is 6.64. The molecule has 1 atom stereocenters. The maximum absolute atomic E-state index is 5.38. The molecular formula is C16H19BrN2O2. The van der Waals surface area contributed by atoms with Gasteiger partial charge in [0.15, 0.2) is 11.5 Å². The topological polar surface area (TPSA) is 43.4 Å². The van der Waals surface area contributed by atoms with E-state index in [9.17, 15) is 0 Å². The number of rotatable bonds is 5. The van der Waals surface area contributed by atoms with Gasteiger partial charge in [-0.1, -0.05) is 0 Å². The highest BCUT2D eigenvalue weighted by molar-refractivity contribution is 9.10. The summed E-state index contributed by atoms with van der Waals surface area (Å²) in [5.74, 6) is 1.48. The van der Waals surface area contributed by atoms with E-state index < -0.39 is 0 Å². The van der Waals surface area contributed by atoms with Crippen LogP contribution in [0.4, 0.5) is 5.69 Å². The van der Waals surface area contributed by atoms with Crippen molar-refractivity contribution in [2.45, 2.75) is 19.9 Å². The molecule has 0 aliphatic rings. The average Bonchev–Trinajstić information content (AvgIpc) is 2.46. The third-order valence-corrected chi connectivity index (χ3v) is 3.76. The van der Waals surface area contributed by atoms with E-state index in [0.717, 1.165) is 32.8 Å². The van der Waals surface area contributed by atoms with E-state index in [1.807, 2.05) is 18.2 Å². The van der Waals surface area contributed by atoms with Crippen LogP contribution in [0.15, 0.2) is 35.1 Å². The van der Waals surface area contributed by atoms with Gasteiger partial charge in [0.2, 0.25) is 0 Å². The van der Waals surface area contributed by atoms with Crippen LogP contribution in [0.5, 0.6) is 11.5 Å². The molecule has 1 unspecified atom stereocenters. The number of ether oxygens (including phenoxy) is 2. The van der Waals surface area contributed by atoms with Gasteiger partial charge in [-0.3, -0.25) is 4.98 Å². The number of nitrogens with one attached hydrogen (secondary N) is 1. The second kappa shape index (κ2) is 6.80. The van der Waals surface area contributed by atoms with Crippen LogP contribution in [-0.2, 0) is 0 Å². The van der Waals surface area contributed by atoms with Crippen molar-refractivity contribution in [3.8, 4) is 11.5 Å². The largest absolute Gasteiger partial charge is 0.493 e. The fourth-order valence-corrected chi connectivity index (χ4v) is 2.65. The number of hydrogen-bond donors (Lipinski definition) is 1. The molecule has 0 radical (unpaired) electrons. The Morgan fingerprint density at radius 2 is 1.76 bits per heavy atom. The van der Waals surface area contributed by atoms with Gasteiger partial charge in [0.05, 0.1) is 26.1 Å². The third-order valence-electron chi connectivity index (χ3n) is 3.33. The maximum Gasteiger partial charge on any atom is 0.161 e. The summed E-state index contributed by atoms with van der Waals surface area (Å²) in [5, 5.41) is 3.44. The Labute approximate surface area is 133 Å². The quantitative estimate of drug-likeness (QED) is 0.870. The van der Waals surface area contributed by atoms with Crippen LogP contribution in [0.3, 0.4) is 0 Å². The number of benzene rings is 1. The van der Waals surface area contributed by atoms with Crippen molar-refractivity contribution in [1.29, 1.82) is 0 Å². The van der Waals surface area contributed by atoms with Crippen molar-refractivity contribution in [3.63, 3.8) is 0 Å². The molecule has 0 saturated heterocycles. The van der Waals surface area contributed by atoms with Gasteiger partial charge in [0.25, 0.3) is 0 Å². The van der Waals surface area contributed by atoms with E-state index in [-0.39, 0.29) is 6.04 Å². The molecule has 4 nitrogen and oxygen atoms in total. The molecule has 0 aliphatic carbocycles. The fourth-order valence-electron chi connectivity index (χ4n) is 2.28. The molecule has 0 fully saturated rings. The second-order valence-corrected chi connectivity index (χ2v) is 5.74. The lowest BCUT2D eigenvalue weighted by molar-refractivity contribution is 0.354. The zero-order chi connectivity index (χ0) is 15.4. The smallest absolute Gasteiger partial charge is 0.161 e. The highest BCUT2D eigenvalue weighted by Gasteiger charge is 2.14. The van der Waals surface area contributed by atoms with Crippen molar-refractivity contribution in [3.05, 3.63) is 46.2 Å². The molecule has 1 aromatic carbocycles. The Bertz CT molecular complexity index is 632. The predicted molar refractivity (Wildman–Crippen MR) is 88.3 cm³/mol. The molecule has 0 bridgehead atoms. The van der Waals surface area contributed by atoms with Crippen molar-refractivity contribution >= 4 is 21.6 Å². The number of halogens is 1. The highest BCUT2D eigenvalue weighted by Crippen LogP contribution is 2.34. The standard InChI is InChI=1S/C16H19BrN2O2/c1-10-5-15(20-3)16(21-4)7-14(10)11(2)19-13-6-12(17)8-18-9-13/h5-9,11,19H,1-4H3. The first-order chi connectivity index (χ1) is 10.0. The minimum absolute atomic E-state index is 0.126. The molecule has 112 valence electrons. The fraction of sp³-hybridized carbons (Fsp3) is 0.312. The number of aryl methyl sites for hydroxylation is 1. The average molecular weight is 351 g/mol. The number of methoxy groups -OCH3 is 2. The Balaban J connectivity index is 2.28. The monoisotopic (exact) mass is 350 g/mol. The number of hydrogen-bond acceptors (Lipinski definition) is 4. The van der Waals surface area contributed by atoms with Crippen LogP contribution in [0, 0.1) is 6.92 Å². The van der Waals surface area contributed by atoms with Gasteiger partial charge in [-0.15, -0.1) is 0 Å². The van der Waals surface area contributed by atoms with Crippen LogP contribution < -0.4 is 14.8 Å². The number of nitrogens with zero attached hydrogens (tertiary/aromatic N) is 1. The summed E-state index contributed by atoms with van der Waals surface area (Å²) in [6.07, 6.45) is 3.56. The van der Waals surface area contributed by atoms with Gasteiger partial charge < -0.3 is 14.8 Å². The third kappa shape index (κ3) is 3.67. The molecule has 5 heteroatoms.